The Kier molecular flexibility index (Phi) is 4.61. The molecule has 5 rings (SSSR count). The van der Waals surface area contributed by atoms with Crippen LogP contribution < -0.4 is 10.6 Å². The Morgan fingerprint density at radius 2 is 1.88 bits per heavy atom. The molecule has 1 atom stereocenters. The predicted molar refractivity (Wildman–Crippen MR) is 114 cm³/mol. The molecule has 1 aliphatic heterocycles. The van der Waals surface area contributed by atoms with Crippen LogP contribution in [0.2, 0.25) is 0 Å². The highest BCUT2D eigenvalue weighted by molar-refractivity contribution is 6.02. The number of fused-ring (bicyclic) bond motifs is 1. The van der Waals surface area contributed by atoms with Gasteiger partial charge in [0.05, 0.1) is 11.3 Å². The van der Waals surface area contributed by atoms with Crippen molar-refractivity contribution in [1.82, 2.24) is 14.5 Å². The number of hydrogen-bond acceptors (Lipinski definition) is 4. The second-order valence-corrected chi connectivity index (χ2v) is 7.75. The number of hydrogen-bond donors (Lipinski definition) is 1. The van der Waals surface area contributed by atoms with Gasteiger partial charge >= 0.3 is 0 Å². The number of nitrogen functional groups attached to an aromatic ring is 1. The van der Waals surface area contributed by atoms with E-state index in [9.17, 15) is 13.6 Å². The molecule has 0 radical (unpaired) electrons. The number of anilines is 2. The molecule has 1 unspecified atom stereocenters. The fraction of sp³-hybridized carbons (Fsp3) is 0.174. The van der Waals surface area contributed by atoms with Crippen molar-refractivity contribution in [2.24, 2.45) is 7.05 Å². The van der Waals surface area contributed by atoms with E-state index in [1.54, 1.807) is 29.9 Å². The summed E-state index contributed by atoms with van der Waals surface area (Å²) < 4.78 is 44.7. The van der Waals surface area contributed by atoms with Crippen molar-refractivity contribution in [2.45, 2.75) is 12.3 Å². The van der Waals surface area contributed by atoms with Gasteiger partial charge in [0.25, 0.3) is 0 Å². The third-order valence-corrected chi connectivity index (χ3v) is 5.90. The first kappa shape index (κ1) is 20.0. The molecule has 4 aromatic rings. The zero-order chi connectivity index (χ0) is 22.6. The lowest BCUT2D eigenvalue weighted by atomic mass is 9.97. The van der Waals surface area contributed by atoms with Crippen LogP contribution in [-0.4, -0.2) is 27.0 Å². The smallest absolute Gasteiger partial charge is 0.234 e. The number of nitrogens with zero attached hydrogens (tertiary/aromatic N) is 4. The first-order valence-corrected chi connectivity index (χ1v) is 9.97. The maximum absolute atomic E-state index is 15.2. The zero-order valence-corrected chi connectivity index (χ0v) is 17.0. The molecule has 0 spiro atoms. The van der Waals surface area contributed by atoms with Crippen LogP contribution in [0.1, 0.15) is 17.9 Å². The highest BCUT2D eigenvalue weighted by Gasteiger charge is 2.36. The van der Waals surface area contributed by atoms with Crippen molar-refractivity contribution in [3.63, 3.8) is 0 Å². The number of amides is 1. The average Bonchev–Trinajstić information content (AvgIpc) is 3.31. The number of aryl methyl sites for hydroxylation is 1. The summed E-state index contributed by atoms with van der Waals surface area (Å²) in [6, 6.07) is 8.24. The molecule has 1 fully saturated rings. The minimum atomic E-state index is -1.02. The standard InChI is InChI=1S/C23H18F3N5O/c1-30-10-16(19-21(27)28-11-29-22(19)30)13-6-5-12(9-18(13)25)31-8-7-15(23(31)32)14-3-2-4-17(24)20(14)26/h2-6,9-11,15H,7-8H2,1H3,(H2,27,28,29). The van der Waals surface area contributed by atoms with E-state index in [1.807, 2.05) is 0 Å². The van der Waals surface area contributed by atoms with E-state index in [2.05, 4.69) is 9.97 Å². The summed E-state index contributed by atoms with van der Waals surface area (Å²) >= 11 is 0. The average molecular weight is 437 g/mol. The Balaban J connectivity index is 1.50. The van der Waals surface area contributed by atoms with Gasteiger partial charge in [-0.15, -0.1) is 0 Å². The lowest BCUT2D eigenvalue weighted by Crippen LogP contribution is -2.26. The number of carbonyl (C=O) groups is 1. The third kappa shape index (κ3) is 3.00. The molecular formula is C23H18F3N5O. The van der Waals surface area contributed by atoms with Gasteiger partial charge in [0.1, 0.15) is 23.6 Å². The summed E-state index contributed by atoms with van der Waals surface area (Å²) in [5.41, 5.74) is 7.77. The first-order valence-electron chi connectivity index (χ1n) is 9.97. The van der Waals surface area contributed by atoms with Crippen LogP contribution >= 0.6 is 0 Å². The molecule has 2 aromatic heterocycles. The number of benzene rings is 2. The van der Waals surface area contributed by atoms with Crippen LogP contribution in [0.15, 0.2) is 48.9 Å². The molecule has 3 heterocycles. The summed E-state index contributed by atoms with van der Waals surface area (Å²) in [6.45, 7) is 0.271. The summed E-state index contributed by atoms with van der Waals surface area (Å²) in [5, 5.41) is 0.542. The van der Waals surface area contributed by atoms with Crippen LogP contribution in [-0.2, 0) is 11.8 Å². The van der Waals surface area contributed by atoms with E-state index in [1.165, 1.54) is 29.4 Å². The van der Waals surface area contributed by atoms with Gasteiger partial charge in [0, 0.05) is 42.2 Å². The number of halogens is 3. The second-order valence-electron chi connectivity index (χ2n) is 7.75. The third-order valence-electron chi connectivity index (χ3n) is 5.90. The number of aromatic nitrogens is 3. The molecule has 0 aliphatic carbocycles. The molecule has 1 amide bonds. The summed E-state index contributed by atoms with van der Waals surface area (Å²) in [5.74, 6) is -3.55. The van der Waals surface area contributed by atoms with Crippen LogP contribution in [0.5, 0.6) is 0 Å². The van der Waals surface area contributed by atoms with Gasteiger partial charge in [0.2, 0.25) is 5.91 Å². The van der Waals surface area contributed by atoms with Crippen LogP contribution in [0.3, 0.4) is 0 Å². The Morgan fingerprint density at radius 1 is 1.06 bits per heavy atom. The van der Waals surface area contributed by atoms with Crippen LogP contribution in [0.4, 0.5) is 24.7 Å². The van der Waals surface area contributed by atoms with Gasteiger partial charge in [-0.2, -0.15) is 0 Å². The molecule has 1 saturated heterocycles. The van der Waals surface area contributed by atoms with Crippen molar-refractivity contribution in [2.75, 3.05) is 17.2 Å². The molecular weight excluding hydrogens is 419 g/mol. The van der Waals surface area contributed by atoms with E-state index >= 15 is 4.39 Å². The summed E-state index contributed by atoms with van der Waals surface area (Å²) in [6.07, 6.45) is 3.37. The molecule has 32 heavy (non-hydrogen) atoms. The van der Waals surface area contributed by atoms with Gasteiger partial charge in [-0.1, -0.05) is 12.1 Å². The van der Waals surface area contributed by atoms with Gasteiger partial charge in [-0.05, 0) is 30.7 Å². The fourth-order valence-electron chi connectivity index (χ4n) is 4.34. The highest BCUT2D eigenvalue weighted by Crippen LogP contribution is 2.38. The minimum Gasteiger partial charge on any atom is -0.383 e. The van der Waals surface area contributed by atoms with Crippen molar-refractivity contribution in [3.8, 4) is 11.1 Å². The van der Waals surface area contributed by atoms with Gasteiger partial charge in [-0.3, -0.25) is 4.79 Å². The van der Waals surface area contributed by atoms with Crippen molar-refractivity contribution >= 4 is 28.4 Å². The van der Waals surface area contributed by atoms with Crippen molar-refractivity contribution in [3.05, 3.63) is 71.9 Å². The highest BCUT2D eigenvalue weighted by atomic mass is 19.2. The Labute approximate surface area is 181 Å². The van der Waals surface area contributed by atoms with Gasteiger partial charge in [0.15, 0.2) is 11.6 Å². The largest absolute Gasteiger partial charge is 0.383 e. The molecule has 1 aliphatic rings. The second kappa shape index (κ2) is 7.37. The minimum absolute atomic E-state index is 0.0147. The predicted octanol–water partition coefficient (Wildman–Crippen LogP) is 4.16. The number of carbonyl (C=O) groups excluding carboxylic acids is 1. The molecule has 0 saturated carbocycles. The maximum atomic E-state index is 15.2. The van der Waals surface area contributed by atoms with E-state index in [0.717, 1.165) is 6.07 Å². The van der Waals surface area contributed by atoms with Crippen LogP contribution in [0, 0.1) is 17.5 Å². The molecule has 2 N–H and O–H groups in total. The topological polar surface area (TPSA) is 77.0 Å². The Bertz CT molecular complexity index is 1380. The van der Waals surface area contributed by atoms with Crippen LogP contribution in [0.25, 0.3) is 22.2 Å². The fourth-order valence-corrected chi connectivity index (χ4v) is 4.34. The first-order chi connectivity index (χ1) is 15.4. The van der Waals surface area contributed by atoms with Gasteiger partial charge in [-0.25, -0.2) is 23.1 Å². The number of nitrogens with two attached hydrogens (primary N) is 1. The van der Waals surface area contributed by atoms with E-state index in [4.69, 9.17) is 5.73 Å². The normalized spacial score (nSPS) is 16.3. The molecule has 2 aromatic carbocycles. The lowest BCUT2D eigenvalue weighted by molar-refractivity contribution is -0.118. The maximum Gasteiger partial charge on any atom is 0.234 e. The lowest BCUT2D eigenvalue weighted by Gasteiger charge is -2.18. The van der Waals surface area contributed by atoms with E-state index in [0.29, 0.717) is 34.3 Å². The Hall–Kier alpha value is -3.88. The monoisotopic (exact) mass is 437 g/mol. The SMILES string of the molecule is Cn1cc(-c2ccc(N3CCC(c4cccc(F)c4F)C3=O)cc2F)c2c(N)ncnc21. The quantitative estimate of drug-likeness (QED) is 0.522. The van der Waals surface area contributed by atoms with Crippen molar-refractivity contribution in [1.29, 1.82) is 0 Å². The molecule has 162 valence electrons. The molecule has 0 bridgehead atoms. The molecule has 6 nitrogen and oxygen atoms in total. The molecule has 9 heteroatoms. The van der Waals surface area contributed by atoms with Gasteiger partial charge < -0.3 is 15.2 Å². The Morgan fingerprint density at radius 3 is 2.66 bits per heavy atom. The zero-order valence-electron chi connectivity index (χ0n) is 17.0. The van der Waals surface area contributed by atoms with E-state index in [-0.39, 0.29) is 17.9 Å². The number of rotatable bonds is 3. The van der Waals surface area contributed by atoms with E-state index < -0.39 is 29.3 Å². The van der Waals surface area contributed by atoms with Crippen molar-refractivity contribution < 1.29 is 18.0 Å². The summed E-state index contributed by atoms with van der Waals surface area (Å²) in [7, 11) is 1.78. The summed E-state index contributed by atoms with van der Waals surface area (Å²) in [4.78, 5) is 22.5.